The molecule has 1 fully saturated rings. The van der Waals surface area contributed by atoms with Gasteiger partial charge in [0.1, 0.15) is 11.6 Å². The molecule has 3 rings (SSSR count). The number of carbonyl (C=O) groups excluding carboxylic acids is 1. The quantitative estimate of drug-likeness (QED) is 0.850. The SMILES string of the molecule is Cc1noc(C)c1[C@H]1CCCN1C(=O)c1ccccc1F. The number of likely N-dealkylation sites (tertiary alicyclic amines) is 1. The molecule has 1 amide bonds. The maximum Gasteiger partial charge on any atom is 0.257 e. The molecular formula is C16H17FN2O2. The Morgan fingerprint density at radius 1 is 1.38 bits per heavy atom. The van der Waals surface area contributed by atoms with Crippen molar-refractivity contribution in [3.63, 3.8) is 0 Å². The Labute approximate surface area is 122 Å². The molecule has 1 aliphatic rings. The van der Waals surface area contributed by atoms with E-state index in [4.69, 9.17) is 4.52 Å². The molecule has 0 bridgehead atoms. The summed E-state index contributed by atoms with van der Waals surface area (Å²) in [7, 11) is 0. The highest BCUT2D eigenvalue weighted by Crippen LogP contribution is 2.36. The summed E-state index contributed by atoms with van der Waals surface area (Å²) in [5.74, 6) is -0.0201. The first-order chi connectivity index (χ1) is 10.1. The van der Waals surface area contributed by atoms with Gasteiger partial charge < -0.3 is 9.42 Å². The Hall–Kier alpha value is -2.17. The van der Waals surface area contributed by atoms with Crippen LogP contribution < -0.4 is 0 Å². The lowest BCUT2D eigenvalue weighted by molar-refractivity contribution is 0.0730. The van der Waals surface area contributed by atoms with Crippen molar-refractivity contribution in [2.45, 2.75) is 32.7 Å². The van der Waals surface area contributed by atoms with Crippen LogP contribution in [0.1, 0.15) is 46.3 Å². The van der Waals surface area contributed by atoms with Crippen molar-refractivity contribution in [3.8, 4) is 0 Å². The number of halogens is 1. The molecule has 0 saturated carbocycles. The summed E-state index contributed by atoms with van der Waals surface area (Å²) < 4.78 is 19.0. The first-order valence-corrected chi connectivity index (χ1v) is 7.08. The van der Waals surface area contributed by atoms with Gasteiger partial charge in [0, 0.05) is 12.1 Å². The van der Waals surface area contributed by atoms with Gasteiger partial charge in [-0.3, -0.25) is 4.79 Å². The normalized spacial score (nSPS) is 18.2. The molecule has 110 valence electrons. The number of amides is 1. The fourth-order valence-corrected chi connectivity index (χ4v) is 3.07. The highest BCUT2D eigenvalue weighted by atomic mass is 19.1. The number of carbonyl (C=O) groups is 1. The lowest BCUT2D eigenvalue weighted by atomic mass is 10.0. The maximum absolute atomic E-state index is 13.8. The summed E-state index contributed by atoms with van der Waals surface area (Å²) in [6.45, 7) is 4.34. The van der Waals surface area contributed by atoms with Crippen LogP contribution >= 0.6 is 0 Å². The second-order valence-corrected chi connectivity index (χ2v) is 5.37. The average Bonchev–Trinajstić information content (AvgIpc) is 3.05. The van der Waals surface area contributed by atoms with Gasteiger partial charge in [0.2, 0.25) is 0 Å². The molecule has 0 unspecified atom stereocenters. The third-order valence-electron chi connectivity index (χ3n) is 4.04. The second kappa shape index (κ2) is 5.31. The van der Waals surface area contributed by atoms with Crippen LogP contribution in [0.25, 0.3) is 0 Å². The van der Waals surface area contributed by atoms with Gasteiger partial charge in [-0.25, -0.2) is 4.39 Å². The molecule has 0 radical (unpaired) electrons. The summed E-state index contributed by atoms with van der Waals surface area (Å²) in [6, 6.07) is 6.02. The van der Waals surface area contributed by atoms with Crippen LogP contribution in [0.15, 0.2) is 28.8 Å². The summed E-state index contributed by atoms with van der Waals surface area (Å²) >= 11 is 0. The van der Waals surface area contributed by atoms with E-state index in [1.165, 1.54) is 12.1 Å². The fourth-order valence-electron chi connectivity index (χ4n) is 3.07. The van der Waals surface area contributed by atoms with E-state index in [-0.39, 0.29) is 17.5 Å². The Morgan fingerprint density at radius 3 is 2.81 bits per heavy atom. The molecule has 2 aromatic rings. The van der Waals surface area contributed by atoms with Crippen molar-refractivity contribution < 1.29 is 13.7 Å². The van der Waals surface area contributed by atoms with Crippen LogP contribution in [0.4, 0.5) is 4.39 Å². The predicted molar refractivity (Wildman–Crippen MR) is 75.4 cm³/mol. The smallest absolute Gasteiger partial charge is 0.257 e. The molecule has 5 heteroatoms. The summed E-state index contributed by atoms with van der Waals surface area (Å²) in [5.41, 5.74) is 1.87. The van der Waals surface area contributed by atoms with Gasteiger partial charge in [-0.1, -0.05) is 17.3 Å². The van der Waals surface area contributed by atoms with Crippen LogP contribution in [0, 0.1) is 19.7 Å². The zero-order valence-corrected chi connectivity index (χ0v) is 12.1. The van der Waals surface area contributed by atoms with Crippen molar-refractivity contribution in [2.75, 3.05) is 6.54 Å². The van der Waals surface area contributed by atoms with E-state index in [9.17, 15) is 9.18 Å². The van der Waals surface area contributed by atoms with Gasteiger partial charge in [-0.15, -0.1) is 0 Å². The first-order valence-electron chi connectivity index (χ1n) is 7.08. The number of aromatic nitrogens is 1. The topological polar surface area (TPSA) is 46.3 Å². The molecule has 1 aromatic carbocycles. The van der Waals surface area contributed by atoms with Crippen molar-refractivity contribution >= 4 is 5.91 Å². The van der Waals surface area contributed by atoms with E-state index in [2.05, 4.69) is 5.16 Å². The van der Waals surface area contributed by atoms with E-state index in [1.807, 2.05) is 13.8 Å². The van der Waals surface area contributed by atoms with E-state index >= 15 is 0 Å². The van der Waals surface area contributed by atoms with Gasteiger partial charge in [-0.05, 0) is 38.8 Å². The number of aryl methyl sites for hydroxylation is 2. The standard InChI is InChI=1S/C16H17FN2O2/c1-10-15(11(2)21-18-10)14-8-5-9-19(14)16(20)12-6-3-4-7-13(12)17/h3-4,6-7,14H,5,8-9H2,1-2H3/t14-/m1/s1. The molecule has 2 heterocycles. The molecule has 0 N–H and O–H groups in total. The zero-order valence-electron chi connectivity index (χ0n) is 12.1. The minimum absolute atomic E-state index is 0.0802. The number of benzene rings is 1. The number of rotatable bonds is 2. The van der Waals surface area contributed by atoms with Crippen molar-refractivity contribution in [1.82, 2.24) is 10.1 Å². The highest BCUT2D eigenvalue weighted by molar-refractivity contribution is 5.95. The zero-order chi connectivity index (χ0) is 15.0. The number of hydrogen-bond acceptors (Lipinski definition) is 3. The summed E-state index contributed by atoms with van der Waals surface area (Å²) in [4.78, 5) is 14.4. The Balaban J connectivity index is 1.95. The third kappa shape index (κ3) is 2.33. The molecule has 1 atom stereocenters. The van der Waals surface area contributed by atoms with E-state index in [0.717, 1.165) is 29.9 Å². The molecule has 21 heavy (non-hydrogen) atoms. The second-order valence-electron chi connectivity index (χ2n) is 5.37. The van der Waals surface area contributed by atoms with E-state index < -0.39 is 5.82 Å². The summed E-state index contributed by atoms with van der Waals surface area (Å²) in [5, 5.41) is 3.96. The largest absolute Gasteiger partial charge is 0.361 e. The molecule has 1 aliphatic heterocycles. The minimum Gasteiger partial charge on any atom is -0.361 e. The third-order valence-corrected chi connectivity index (χ3v) is 4.04. The maximum atomic E-state index is 13.8. The molecule has 4 nitrogen and oxygen atoms in total. The van der Waals surface area contributed by atoms with Gasteiger partial charge in [0.05, 0.1) is 17.3 Å². The average molecular weight is 288 g/mol. The molecule has 1 aromatic heterocycles. The van der Waals surface area contributed by atoms with Crippen LogP contribution in [0.5, 0.6) is 0 Å². The summed E-state index contributed by atoms with van der Waals surface area (Å²) in [6.07, 6.45) is 1.75. The van der Waals surface area contributed by atoms with Gasteiger partial charge >= 0.3 is 0 Å². The molecule has 0 aliphatic carbocycles. The Kier molecular flexibility index (Phi) is 3.49. The fraction of sp³-hybridized carbons (Fsp3) is 0.375. The van der Waals surface area contributed by atoms with Crippen LogP contribution in [0.3, 0.4) is 0 Å². The van der Waals surface area contributed by atoms with Gasteiger partial charge in [0.25, 0.3) is 5.91 Å². The van der Waals surface area contributed by atoms with E-state index in [1.54, 1.807) is 17.0 Å². The number of nitrogens with zero attached hydrogens (tertiary/aromatic N) is 2. The first kappa shape index (κ1) is 13.8. The van der Waals surface area contributed by atoms with Crippen molar-refractivity contribution in [1.29, 1.82) is 0 Å². The van der Waals surface area contributed by atoms with Crippen LogP contribution in [-0.2, 0) is 0 Å². The van der Waals surface area contributed by atoms with Crippen LogP contribution in [0.2, 0.25) is 0 Å². The Morgan fingerprint density at radius 2 is 2.14 bits per heavy atom. The predicted octanol–water partition coefficient (Wildman–Crippen LogP) is 3.41. The molecule has 1 saturated heterocycles. The monoisotopic (exact) mass is 288 g/mol. The minimum atomic E-state index is -0.480. The lowest BCUT2D eigenvalue weighted by Crippen LogP contribution is -2.31. The highest BCUT2D eigenvalue weighted by Gasteiger charge is 2.34. The van der Waals surface area contributed by atoms with Gasteiger partial charge in [-0.2, -0.15) is 0 Å². The van der Waals surface area contributed by atoms with E-state index in [0.29, 0.717) is 6.54 Å². The van der Waals surface area contributed by atoms with Crippen LogP contribution in [-0.4, -0.2) is 22.5 Å². The Bertz CT molecular complexity index is 661. The van der Waals surface area contributed by atoms with Crippen molar-refractivity contribution in [2.24, 2.45) is 0 Å². The molecular weight excluding hydrogens is 271 g/mol. The number of hydrogen-bond donors (Lipinski definition) is 0. The molecule has 0 spiro atoms. The lowest BCUT2D eigenvalue weighted by Gasteiger charge is -2.25. The van der Waals surface area contributed by atoms with Crippen molar-refractivity contribution in [3.05, 3.63) is 52.7 Å². The van der Waals surface area contributed by atoms with Gasteiger partial charge in [0.15, 0.2) is 0 Å².